The molecule has 0 radical (unpaired) electrons. The lowest BCUT2D eigenvalue weighted by molar-refractivity contribution is -0.121. The summed E-state index contributed by atoms with van der Waals surface area (Å²) >= 11 is 7.92. The fourth-order valence-electron chi connectivity index (χ4n) is 2.44. The molecule has 126 valence electrons. The van der Waals surface area contributed by atoms with Crippen LogP contribution in [-0.4, -0.2) is 31.6 Å². The Kier molecular flexibility index (Phi) is 4.41. The van der Waals surface area contributed by atoms with E-state index in [4.69, 9.17) is 16.6 Å². The van der Waals surface area contributed by atoms with Crippen LogP contribution in [0, 0.1) is 0 Å². The molecule has 1 saturated heterocycles. The van der Waals surface area contributed by atoms with Gasteiger partial charge in [0.05, 0.1) is 15.9 Å². The normalized spacial score (nSPS) is 16.5. The van der Waals surface area contributed by atoms with Crippen molar-refractivity contribution in [2.75, 3.05) is 6.54 Å². The van der Waals surface area contributed by atoms with Crippen molar-refractivity contribution in [1.82, 2.24) is 14.9 Å². The maximum atomic E-state index is 12.2. The van der Waals surface area contributed by atoms with Crippen LogP contribution in [0.25, 0.3) is 17.1 Å². The molecule has 0 atom stereocenters. The number of imidazole rings is 1. The van der Waals surface area contributed by atoms with Crippen LogP contribution in [0.4, 0.5) is 0 Å². The maximum absolute atomic E-state index is 12.2. The summed E-state index contributed by atoms with van der Waals surface area (Å²) < 4.78 is 6.38. The zero-order chi connectivity index (χ0) is 17.4. The number of likely N-dealkylation sites (N-methyl/N-ethyl adjacent to an activating group) is 1. The molecule has 1 amide bonds. The van der Waals surface area contributed by atoms with Crippen LogP contribution in [0.2, 0.25) is 0 Å². The van der Waals surface area contributed by atoms with Crippen molar-refractivity contribution in [3.8, 4) is 0 Å². The number of amides is 1. The second kappa shape index (κ2) is 6.70. The highest BCUT2D eigenvalue weighted by Crippen LogP contribution is 2.34. The number of carbonyl (C=O) groups is 1. The minimum Gasteiger partial charge on any atom is -0.450 e. The molecule has 1 fully saturated rings. The zero-order valence-electron chi connectivity index (χ0n) is 13.2. The Morgan fingerprint density at radius 1 is 1.36 bits per heavy atom. The van der Waals surface area contributed by atoms with Gasteiger partial charge in [-0.25, -0.2) is 4.98 Å². The van der Waals surface area contributed by atoms with E-state index >= 15 is 0 Å². The van der Waals surface area contributed by atoms with Crippen molar-refractivity contribution < 1.29 is 9.21 Å². The third kappa shape index (κ3) is 3.24. The molecule has 2 aromatic heterocycles. The first-order valence-corrected chi connectivity index (χ1v) is 9.66. The molecule has 1 aliphatic heterocycles. The minimum atomic E-state index is -0.0691. The summed E-state index contributed by atoms with van der Waals surface area (Å²) in [6.45, 7) is 2.48. The summed E-state index contributed by atoms with van der Waals surface area (Å²) in [7, 11) is 0. The molecule has 0 bridgehead atoms. The average Bonchev–Trinajstić information content (AvgIpc) is 3.27. The largest absolute Gasteiger partial charge is 0.450 e. The topological polar surface area (TPSA) is 62.1 Å². The van der Waals surface area contributed by atoms with Gasteiger partial charge in [-0.2, -0.15) is 0 Å². The molecule has 0 unspecified atom stereocenters. The number of benzene rings is 1. The molecule has 8 heteroatoms. The van der Waals surface area contributed by atoms with E-state index in [1.807, 2.05) is 43.3 Å². The number of thiocarbonyl (C=S) groups is 1. The number of thioether (sulfide) groups is 1. The van der Waals surface area contributed by atoms with E-state index in [0.29, 0.717) is 26.6 Å². The number of fused-ring (bicyclic) bond motifs is 1. The van der Waals surface area contributed by atoms with E-state index in [1.54, 1.807) is 11.0 Å². The third-order valence-electron chi connectivity index (χ3n) is 3.63. The van der Waals surface area contributed by atoms with Crippen LogP contribution < -0.4 is 0 Å². The van der Waals surface area contributed by atoms with Crippen molar-refractivity contribution in [1.29, 1.82) is 0 Å². The highest BCUT2D eigenvalue weighted by molar-refractivity contribution is 8.26. The number of nitrogens with zero attached hydrogens (tertiary/aromatic N) is 2. The first-order chi connectivity index (χ1) is 12.1. The summed E-state index contributed by atoms with van der Waals surface area (Å²) in [6.07, 6.45) is 1.73. The summed E-state index contributed by atoms with van der Waals surface area (Å²) in [4.78, 5) is 22.2. The standard InChI is InChI=1S/C17H13N3O2S3/c1-2-20-15(21)13(24-17(20)23)9-10-7-8-14(22-10)25-16-18-11-5-3-4-6-12(11)19-16/h3-9H,2H2,1H3,(H,18,19). The lowest BCUT2D eigenvalue weighted by Crippen LogP contribution is -2.27. The molecule has 3 aromatic rings. The highest BCUT2D eigenvalue weighted by Gasteiger charge is 2.30. The summed E-state index contributed by atoms with van der Waals surface area (Å²) in [5, 5.41) is 1.47. The summed E-state index contributed by atoms with van der Waals surface area (Å²) in [5.41, 5.74) is 1.90. The monoisotopic (exact) mass is 387 g/mol. The number of hydrogen-bond acceptors (Lipinski definition) is 6. The second-order valence-corrected chi connectivity index (χ2v) is 7.91. The van der Waals surface area contributed by atoms with Gasteiger partial charge in [-0.15, -0.1) is 0 Å². The molecule has 25 heavy (non-hydrogen) atoms. The molecule has 3 heterocycles. The van der Waals surface area contributed by atoms with Crippen molar-refractivity contribution in [2.45, 2.75) is 17.2 Å². The van der Waals surface area contributed by atoms with Gasteiger partial charge in [0.2, 0.25) is 0 Å². The predicted octanol–water partition coefficient (Wildman–Crippen LogP) is 4.53. The Labute approximate surface area is 157 Å². The fraction of sp³-hybridized carbons (Fsp3) is 0.118. The van der Waals surface area contributed by atoms with E-state index in [0.717, 1.165) is 16.2 Å². The van der Waals surface area contributed by atoms with E-state index in [2.05, 4.69) is 9.97 Å². The van der Waals surface area contributed by atoms with Crippen LogP contribution in [0.5, 0.6) is 0 Å². The lowest BCUT2D eigenvalue weighted by Gasteiger charge is -2.09. The second-order valence-electron chi connectivity index (χ2n) is 5.24. The van der Waals surface area contributed by atoms with E-state index in [-0.39, 0.29) is 5.91 Å². The number of carbonyl (C=O) groups excluding carboxylic acids is 1. The molecule has 1 aromatic carbocycles. The van der Waals surface area contributed by atoms with Gasteiger partial charge in [0.25, 0.3) is 5.91 Å². The van der Waals surface area contributed by atoms with Crippen LogP contribution in [0.1, 0.15) is 12.7 Å². The van der Waals surface area contributed by atoms with Gasteiger partial charge < -0.3 is 9.40 Å². The molecule has 4 rings (SSSR count). The number of H-pyrrole nitrogens is 1. The quantitative estimate of drug-likeness (QED) is 0.524. The average molecular weight is 388 g/mol. The van der Waals surface area contributed by atoms with E-state index in [9.17, 15) is 4.79 Å². The predicted molar refractivity (Wildman–Crippen MR) is 104 cm³/mol. The van der Waals surface area contributed by atoms with Crippen molar-refractivity contribution in [3.63, 3.8) is 0 Å². The van der Waals surface area contributed by atoms with Crippen LogP contribution in [-0.2, 0) is 4.79 Å². The molecule has 5 nitrogen and oxygen atoms in total. The van der Waals surface area contributed by atoms with Gasteiger partial charge >= 0.3 is 0 Å². The molecule has 0 saturated carbocycles. The van der Waals surface area contributed by atoms with Crippen molar-refractivity contribution in [3.05, 3.63) is 47.1 Å². The third-order valence-corrected chi connectivity index (χ3v) is 5.82. The number of hydrogen-bond donors (Lipinski definition) is 1. The smallest absolute Gasteiger partial charge is 0.266 e. The Hall–Kier alpha value is -2.03. The van der Waals surface area contributed by atoms with Crippen LogP contribution >= 0.6 is 35.7 Å². The van der Waals surface area contributed by atoms with E-state index < -0.39 is 0 Å². The van der Waals surface area contributed by atoms with Gasteiger partial charge in [0, 0.05) is 12.6 Å². The van der Waals surface area contributed by atoms with Crippen molar-refractivity contribution in [2.24, 2.45) is 0 Å². The number of para-hydroxylation sites is 2. The van der Waals surface area contributed by atoms with Crippen LogP contribution in [0.3, 0.4) is 0 Å². The number of aromatic nitrogens is 2. The van der Waals surface area contributed by atoms with Gasteiger partial charge in [0.15, 0.2) is 10.2 Å². The first-order valence-electron chi connectivity index (χ1n) is 7.62. The Bertz CT molecular complexity index is 972. The maximum Gasteiger partial charge on any atom is 0.266 e. The van der Waals surface area contributed by atoms with Gasteiger partial charge in [0.1, 0.15) is 10.1 Å². The number of rotatable bonds is 4. The minimum absolute atomic E-state index is 0.0691. The van der Waals surface area contributed by atoms with Gasteiger partial charge in [-0.1, -0.05) is 36.1 Å². The molecular formula is C17H13N3O2S3. The molecule has 1 aliphatic rings. The van der Waals surface area contributed by atoms with E-state index in [1.165, 1.54) is 23.5 Å². The Balaban J connectivity index is 1.53. The SMILES string of the molecule is CCN1C(=O)C(=Cc2ccc(Sc3nc4ccccc4[nH]3)o2)SC1=S. The number of furan rings is 1. The Morgan fingerprint density at radius 2 is 2.20 bits per heavy atom. The Morgan fingerprint density at radius 3 is 2.96 bits per heavy atom. The zero-order valence-corrected chi connectivity index (χ0v) is 15.6. The molecule has 0 spiro atoms. The summed E-state index contributed by atoms with van der Waals surface area (Å²) in [6, 6.07) is 11.6. The number of aromatic amines is 1. The molecular weight excluding hydrogens is 374 g/mol. The van der Waals surface area contributed by atoms with Crippen molar-refractivity contribution >= 4 is 63.1 Å². The fourth-order valence-corrected chi connectivity index (χ4v) is 4.58. The summed E-state index contributed by atoms with van der Waals surface area (Å²) in [5.74, 6) is 0.551. The van der Waals surface area contributed by atoms with Gasteiger partial charge in [-0.05, 0) is 43.0 Å². The molecule has 1 N–H and O–H groups in total. The molecule has 0 aliphatic carbocycles. The van der Waals surface area contributed by atoms with Crippen LogP contribution in [0.15, 0.2) is 56.0 Å². The first kappa shape index (κ1) is 16.4. The highest BCUT2D eigenvalue weighted by atomic mass is 32.2. The number of nitrogens with one attached hydrogen (secondary N) is 1. The van der Waals surface area contributed by atoms with Gasteiger partial charge in [-0.3, -0.25) is 9.69 Å². The lowest BCUT2D eigenvalue weighted by atomic mass is 10.3.